The van der Waals surface area contributed by atoms with Gasteiger partial charge in [0.25, 0.3) is 0 Å². The minimum atomic E-state index is -0.575. The zero-order valence-electron chi connectivity index (χ0n) is 19.9. The smallest absolute Gasteiger partial charge is 0.352 e. The van der Waals surface area contributed by atoms with E-state index in [9.17, 15) is 14.0 Å². The SMILES string of the molecule is CC(C)CC(=O)Cn1c(-c2ccc(F)c(Cl)c2)nn(-c2ccc(CCN3CCOCC3)cn2)c1=O. The van der Waals surface area contributed by atoms with Crippen LogP contribution >= 0.6 is 11.6 Å². The summed E-state index contributed by atoms with van der Waals surface area (Å²) in [5.74, 6) is 0.0574. The standard InChI is InChI=1S/C25H29ClFN5O3/c1-17(2)13-20(33)16-31-24(19-4-5-22(27)21(26)14-19)29-32(25(31)34)23-6-3-18(15-28-23)7-8-30-9-11-35-12-10-30/h3-6,14-15,17H,7-13,16H2,1-2H3. The third-order valence-electron chi connectivity index (χ3n) is 5.86. The van der Waals surface area contributed by atoms with Crippen LogP contribution in [0.2, 0.25) is 5.02 Å². The molecule has 1 saturated heterocycles. The van der Waals surface area contributed by atoms with Crippen LogP contribution in [0.3, 0.4) is 0 Å². The van der Waals surface area contributed by atoms with Crippen LogP contribution in [0.5, 0.6) is 0 Å². The van der Waals surface area contributed by atoms with E-state index in [1.807, 2.05) is 19.9 Å². The van der Waals surface area contributed by atoms with Crippen molar-refractivity contribution in [2.24, 2.45) is 5.92 Å². The van der Waals surface area contributed by atoms with E-state index in [0.29, 0.717) is 17.8 Å². The number of halogens is 2. The molecule has 1 aromatic carbocycles. The van der Waals surface area contributed by atoms with Crippen molar-refractivity contribution in [3.63, 3.8) is 0 Å². The molecule has 4 rings (SSSR count). The first-order chi connectivity index (χ1) is 16.8. The van der Waals surface area contributed by atoms with Crippen molar-refractivity contribution in [1.82, 2.24) is 24.2 Å². The fourth-order valence-electron chi connectivity index (χ4n) is 4.04. The van der Waals surface area contributed by atoms with E-state index in [2.05, 4.69) is 15.0 Å². The molecule has 0 bridgehead atoms. The minimum Gasteiger partial charge on any atom is -0.379 e. The van der Waals surface area contributed by atoms with Gasteiger partial charge in [0.15, 0.2) is 17.4 Å². The topological polar surface area (TPSA) is 82.2 Å². The predicted octanol–water partition coefficient (Wildman–Crippen LogP) is 3.38. The Morgan fingerprint density at radius 1 is 1.20 bits per heavy atom. The third-order valence-corrected chi connectivity index (χ3v) is 6.15. The largest absolute Gasteiger partial charge is 0.379 e. The number of benzene rings is 1. The third kappa shape index (κ3) is 6.22. The molecule has 8 nitrogen and oxygen atoms in total. The van der Waals surface area contributed by atoms with E-state index in [4.69, 9.17) is 16.3 Å². The van der Waals surface area contributed by atoms with Gasteiger partial charge in [-0.3, -0.25) is 14.3 Å². The molecule has 186 valence electrons. The molecule has 10 heteroatoms. The van der Waals surface area contributed by atoms with Gasteiger partial charge in [0.1, 0.15) is 5.82 Å². The number of nitrogens with zero attached hydrogens (tertiary/aromatic N) is 5. The van der Waals surface area contributed by atoms with Crippen LogP contribution in [0.1, 0.15) is 25.8 Å². The Hall–Kier alpha value is -2.88. The highest BCUT2D eigenvalue weighted by atomic mass is 35.5. The highest BCUT2D eigenvalue weighted by molar-refractivity contribution is 6.31. The summed E-state index contributed by atoms with van der Waals surface area (Å²) >= 11 is 5.97. The Kier molecular flexibility index (Phi) is 8.10. The molecule has 0 saturated carbocycles. The molecule has 1 aliphatic rings. The summed E-state index contributed by atoms with van der Waals surface area (Å²) in [6, 6.07) is 7.76. The van der Waals surface area contributed by atoms with Crippen LogP contribution in [0, 0.1) is 11.7 Å². The monoisotopic (exact) mass is 501 g/mol. The first-order valence-corrected chi connectivity index (χ1v) is 12.1. The fourth-order valence-corrected chi connectivity index (χ4v) is 4.22. The molecule has 0 spiro atoms. The molecule has 3 heterocycles. The summed E-state index contributed by atoms with van der Waals surface area (Å²) in [7, 11) is 0. The van der Waals surface area contributed by atoms with Crippen molar-refractivity contribution in [1.29, 1.82) is 0 Å². The second-order valence-corrected chi connectivity index (χ2v) is 9.51. The van der Waals surface area contributed by atoms with Gasteiger partial charge in [-0.25, -0.2) is 14.2 Å². The zero-order valence-corrected chi connectivity index (χ0v) is 20.7. The van der Waals surface area contributed by atoms with Crippen LogP contribution in [0.4, 0.5) is 4.39 Å². The number of Topliss-reactive ketones (excluding diaryl/α,β-unsaturated/α-hetero) is 1. The summed E-state index contributed by atoms with van der Waals surface area (Å²) in [5.41, 5.74) is 0.989. The molecule has 0 unspecified atom stereocenters. The van der Waals surface area contributed by atoms with Gasteiger partial charge >= 0.3 is 5.69 Å². The van der Waals surface area contributed by atoms with E-state index in [-0.39, 0.29) is 29.1 Å². The summed E-state index contributed by atoms with van der Waals surface area (Å²) < 4.78 is 21.6. The number of aromatic nitrogens is 4. The second kappa shape index (κ2) is 11.2. The number of hydrogen-bond acceptors (Lipinski definition) is 6. The summed E-state index contributed by atoms with van der Waals surface area (Å²) in [6.07, 6.45) is 2.90. The van der Waals surface area contributed by atoms with Gasteiger partial charge in [-0.1, -0.05) is 31.5 Å². The van der Waals surface area contributed by atoms with Crippen molar-refractivity contribution in [2.45, 2.75) is 33.2 Å². The lowest BCUT2D eigenvalue weighted by molar-refractivity contribution is -0.120. The average Bonchev–Trinajstić information content (AvgIpc) is 3.16. The maximum atomic E-state index is 13.7. The Labute approximate surface area is 208 Å². The summed E-state index contributed by atoms with van der Waals surface area (Å²) in [6.45, 7) is 8.00. The molecule has 1 fully saturated rings. The van der Waals surface area contributed by atoms with Crippen LogP contribution in [-0.2, 0) is 22.5 Å². The molecule has 0 atom stereocenters. The molecule has 35 heavy (non-hydrogen) atoms. The summed E-state index contributed by atoms with van der Waals surface area (Å²) in [5, 5.41) is 4.36. The Morgan fingerprint density at radius 3 is 2.63 bits per heavy atom. The van der Waals surface area contributed by atoms with Gasteiger partial charge in [0.2, 0.25) is 0 Å². The Morgan fingerprint density at radius 2 is 1.97 bits per heavy atom. The molecule has 0 aliphatic carbocycles. The van der Waals surface area contributed by atoms with Crippen molar-refractivity contribution < 1.29 is 13.9 Å². The van der Waals surface area contributed by atoms with Gasteiger partial charge in [-0.15, -0.1) is 5.10 Å². The minimum absolute atomic E-state index is 0.0905. The normalized spacial score (nSPS) is 14.5. The van der Waals surface area contributed by atoms with Crippen molar-refractivity contribution >= 4 is 17.4 Å². The molecule has 3 aromatic rings. The van der Waals surface area contributed by atoms with Gasteiger partial charge in [-0.05, 0) is 42.2 Å². The van der Waals surface area contributed by atoms with Crippen LogP contribution in [-0.4, -0.2) is 62.9 Å². The Balaban J connectivity index is 1.62. The van der Waals surface area contributed by atoms with Gasteiger partial charge in [0.05, 0.1) is 24.8 Å². The van der Waals surface area contributed by atoms with Gasteiger partial charge in [0, 0.05) is 37.8 Å². The van der Waals surface area contributed by atoms with Crippen LogP contribution in [0.25, 0.3) is 17.2 Å². The first-order valence-electron chi connectivity index (χ1n) is 11.7. The summed E-state index contributed by atoms with van der Waals surface area (Å²) in [4.78, 5) is 32.7. The van der Waals surface area contributed by atoms with Crippen molar-refractivity contribution in [2.75, 3.05) is 32.8 Å². The highest BCUT2D eigenvalue weighted by Crippen LogP contribution is 2.23. The number of rotatable bonds is 9. The lowest BCUT2D eigenvalue weighted by Crippen LogP contribution is -2.37. The Bertz CT molecular complexity index is 1230. The molecule has 1 aliphatic heterocycles. The van der Waals surface area contributed by atoms with Gasteiger partial charge < -0.3 is 4.74 Å². The molecule has 0 amide bonds. The molecule has 0 N–H and O–H groups in total. The lowest BCUT2D eigenvalue weighted by atomic mass is 10.1. The van der Waals surface area contributed by atoms with E-state index >= 15 is 0 Å². The molecule has 2 aromatic heterocycles. The number of carbonyl (C=O) groups excluding carboxylic acids is 1. The lowest BCUT2D eigenvalue weighted by Gasteiger charge is -2.26. The molecular formula is C25H29ClFN5O3. The number of morpholine rings is 1. The average molecular weight is 502 g/mol. The highest BCUT2D eigenvalue weighted by Gasteiger charge is 2.20. The fraction of sp³-hybridized carbons (Fsp3) is 0.440. The van der Waals surface area contributed by atoms with Crippen LogP contribution in [0.15, 0.2) is 41.3 Å². The van der Waals surface area contributed by atoms with E-state index in [1.165, 1.54) is 27.4 Å². The maximum Gasteiger partial charge on any atom is 0.352 e. The van der Waals surface area contributed by atoms with Crippen LogP contribution < -0.4 is 5.69 Å². The molecular weight excluding hydrogens is 473 g/mol. The number of hydrogen-bond donors (Lipinski definition) is 0. The number of ketones is 1. The van der Waals surface area contributed by atoms with Crippen molar-refractivity contribution in [3.8, 4) is 17.2 Å². The zero-order chi connectivity index (χ0) is 24.9. The molecule has 0 radical (unpaired) electrons. The van der Waals surface area contributed by atoms with E-state index in [0.717, 1.165) is 44.8 Å². The number of carbonyl (C=O) groups is 1. The van der Waals surface area contributed by atoms with E-state index < -0.39 is 11.5 Å². The predicted molar refractivity (Wildman–Crippen MR) is 131 cm³/mol. The van der Waals surface area contributed by atoms with Crippen molar-refractivity contribution in [3.05, 3.63) is 63.4 Å². The quantitative estimate of drug-likeness (QED) is 0.447. The number of ether oxygens (including phenoxy) is 1. The number of pyridine rings is 1. The second-order valence-electron chi connectivity index (χ2n) is 9.10. The van der Waals surface area contributed by atoms with E-state index in [1.54, 1.807) is 12.3 Å². The van der Waals surface area contributed by atoms with Gasteiger partial charge in [-0.2, -0.15) is 4.68 Å². The first kappa shape index (κ1) is 25.2. The maximum absolute atomic E-state index is 13.7.